The first-order chi connectivity index (χ1) is 7.45. The van der Waals surface area contributed by atoms with Gasteiger partial charge in [0.25, 0.3) is 0 Å². The number of rotatable bonds is 4. The van der Waals surface area contributed by atoms with Gasteiger partial charge in [-0.05, 0) is 17.5 Å². The second-order valence-corrected chi connectivity index (χ2v) is 4.32. The predicted molar refractivity (Wildman–Crippen MR) is 63.7 cm³/mol. The SMILES string of the molecule is COc1cc(Cl)c(C(C)CC(=O)O)cc1Cl. The zero-order valence-electron chi connectivity index (χ0n) is 8.96. The van der Waals surface area contributed by atoms with Crippen LogP contribution < -0.4 is 4.74 Å². The Morgan fingerprint density at radius 2 is 2.06 bits per heavy atom. The van der Waals surface area contributed by atoms with Crippen LogP contribution in [0, 0.1) is 0 Å². The lowest BCUT2D eigenvalue weighted by molar-refractivity contribution is -0.137. The van der Waals surface area contributed by atoms with Gasteiger partial charge >= 0.3 is 5.97 Å². The molecule has 3 nitrogen and oxygen atoms in total. The van der Waals surface area contributed by atoms with Crippen LogP contribution >= 0.6 is 23.2 Å². The summed E-state index contributed by atoms with van der Waals surface area (Å²) in [5.41, 5.74) is 0.717. The molecule has 1 unspecified atom stereocenters. The quantitative estimate of drug-likeness (QED) is 0.903. The maximum atomic E-state index is 10.6. The molecule has 0 fully saturated rings. The Kier molecular flexibility index (Phi) is 4.44. The van der Waals surface area contributed by atoms with Gasteiger partial charge in [-0.25, -0.2) is 0 Å². The van der Waals surface area contributed by atoms with E-state index in [9.17, 15) is 4.79 Å². The number of aliphatic carboxylic acids is 1. The molecule has 0 aromatic heterocycles. The zero-order chi connectivity index (χ0) is 12.3. The van der Waals surface area contributed by atoms with Crippen LogP contribution in [0.3, 0.4) is 0 Å². The fraction of sp³-hybridized carbons (Fsp3) is 0.364. The van der Waals surface area contributed by atoms with Crippen molar-refractivity contribution in [3.05, 3.63) is 27.7 Å². The molecular weight excluding hydrogens is 251 g/mol. The summed E-state index contributed by atoms with van der Waals surface area (Å²) in [6, 6.07) is 3.24. The standard InChI is InChI=1S/C11H12Cl2O3/c1-6(3-11(14)15)7-4-9(13)10(16-2)5-8(7)12/h4-6H,3H2,1-2H3,(H,14,15). The lowest BCUT2D eigenvalue weighted by Crippen LogP contribution is -2.03. The maximum absolute atomic E-state index is 10.6. The Hall–Kier alpha value is -0.930. The summed E-state index contributed by atoms with van der Waals surface area (Å²) in [7, 11) is 1.50. The van der Waals surface area contributed by atoms with Crippen molar-refractivity contribution in [2.75, 3.05) is 7.11 Å². The second-order valence-electron chi connectivity index (χ2n) is 3.51. The van der Waals surface area contributed by atoms with Gasteiger partial charge in [0.2, 0.25) is 0 Å². The normalized spacial score (nSPS) is 12.2. The van der Waals surface area contributed by atoms with Gasteiger partial charge in [0.15, 0.2) is 0 Å². The van der Waals surface area contributed by atoms with Crippen LogP contribution in [-0.4, -0.2) is 18.2 Å². The average Bonchev–Trinajstić information content (AvgIpc) is 2.19. The highest BCUT2D eigenvalue weighted by Gasteiger charge is 2.16. The average molecular weight is 263 g/mol. The van der Waals surface area contributed by atoms with Crippen molar-refractivity contribution >= 4 is 29.2 Å². The molecule has 0 saturated heterocycles. The summed E-state index contributed by atoms with van der Waals surface area (Å²) in [4.78, 5) is 10.6. The number of halogens is 2. The Labute approximate surface area is 104 Å². The van der Waals surface area contributed by atoms with E-state index in [2.05, 4.69) is 0 Å². The topological polar surface area (TPSA) is 46.5 Å². The van der Waals surface area contributed by atoms with Gasteiger partial charge < -0.3 is 9.84 Å². The maximum Gasteiger partial charge on any atom is 0.303 e. The van der Waals surface area contributed by atoms with E-state index in [1.54, 1.807) is 19.1 Å². The van der Waals surface area contributed by atoms with Crippen LogP contribution in [0.1, 0.15) is 24.8 Å². The molecule has 0 aliphatic heterocycles. The fourth-order valence-electron chi connectivity index (χ4n) is 1.45. The van der Waals surface area contributed by atoms with Crippen molar-refractivity contribution in [3.63, 3.8) is 0 Å². The van der Waals surface area contributed by atoms with Crippen LogP contribution in [-0.2, 0) is 4.79 Å². The summed E-state index contributed by atoms with van der Waals surface area (Å²) < 4.78 is 5.01. The highest BCUT2D eigenvalue weighted by Crippen LogP contribution is 2.35. The van der Waals surface area contributed by atoms with Crippen molar-refractivity contribution < 1.29 is 14.6 Å². The van der Waals surface area contributed by atoms with E-state index in [4.69, 9.17) is 33.0 Å². The van der Waals surface area contributed by atoms with E-state index in [1.807, 2.05) is 0 Å². The number of methoxy groups -OCH3 is 1. The van der Waals surface area contributed by atoms with E-state index >= 15 is 0 Å². The monoisotopic (exact) mass is 262 g/mol. The molecular formula is C11H12Cl2O3. The summed E-state index contributed by atoms with van der Waals surface area (Å²) in [6.07, 6.45) is 0.0162. The van der Waals surface area contributed by atoms with Crippen LogP contribution in [0.25, 0.3) is 0 Å². The van der Waals surface area contributed by atoms with Gasteiger partial charge in [-0.15, -0.1) is 0 Å². The summed E-state index contributed by atoms with van der Waals surface area (Å²) >= 11 is 12.0. The van der Waals surface area contributed by atoms with Crippen LogP contribution in [0.5, 0.6) is 5.75 Å². The lowest BCUT2D eigenvalue weighted by Gasteiger charge is -2.13. The first-order valence-corrected chi connectivity index (χ1v) is 5.46. The highest BCUT2D eigenvalue weighted by molar-refractivity contribution is 6.34. The molecule has 0 radical (unpaired) electrons. The summed E-state index contributed by atoms with van der Waals surface area (Å²) in [6.45, 7) is 1.79. The van der Waals surface area contributed by atoms with E-state index in [-0.39, 0.29) is 12.3 Å². The van der Waals surface area contributed by atoms with E-state index in [0.29, 0.717) is 15.8 Å². The first-order valence-electron chi connectivity index (χ1n) is 4.70. The minimum Gasteiger partial charge on any atom is -0.495 e. The number of carboxylic acids is 1. The van der Waals surface area contributed by atoms with Gasteiger partial charge in [-0.1, -0.05) is 30.1 Å². The molecule has 0 bridgehead atoms. The molecule has 1 rings (SSSR count). The third-order valence-corrected chi connectivity index (χ3v) is 2.91. The number of benzene rings is 1. The second kappa shape index (κ2) is 5.41. The number of hydrogen-bond acceptors (Lipinski definition) is 2. The Morgan fingerprint density at radius 3 is 2.56 bits per heavy atom. The number of ether oxygens (including phenoxy) is 1. The molecule has 0 saturated carbocycles. The molecule has 0 spiro atoms. The Bertz CT molecular complexity index is 404. The minimum atomic E-state index is -0.865. The minimum absolute atomic E-state index is 0.0162. The molecule has 1 aromatic carbocycles. The van der Waals surface area contributed by atoms with Gasteiger partial charge in [-0.2, -0.15) is 0 Å². The third-order valence-electron chi connectivity index (χ3n) is 2.28. The molecule has 0 amide bonds. The third kappa shape index (κ3) is 3.03. The van der Waals surface area contributed by atoms with Crippen molar-refractivity contribution in [2.24, 2.45) is 0 Å². The first kappa shape index (κ1) is 13.1. The highest BCUT2D eigenvalue weighted by atomic mass is 35.5. The Balaban J connectivity index is 3.05. The molecule has 1 aromatic rings. The summed E-state index contributed by atoms with van der Waals surface area (Å²) in [5, 5.41) is 9.60. The van der Waals surface area contributed by atoms with Gasteiger partial charge in [0, 0.05) is 11.1 Å². The Morgan fingerprint density at radius 1 is 1.44 bits per heavy atom. The van der Waals surface area contributed by atoms with Crippen molar-refractivity contribution in [1.82, 2.24) is 0 Å². The van der Waals surface area contributed by atoms with Crippen LogP contribution in [0.4, 0.5) is 0 Å². The molecule has 0 aliphatic rings. The molecule has 0 aliphatic carbocycles. The molecule has 1 atom stereocenters. The lowest BCUT2D eigenvalue weighted by atomic mass is 9.98. The van der Waals surface area contributed by atoms with E-state index in [0.717, 1.165) is 5.56 Å². The number of carbonyl (C=O) groups is 1. The molecule has 0 heterocycles. The van der Waals surface area contributed by atoms with Crippen molar-refractivity contribution in [3.8, 4) is 5.75 Å². The summed E-state index contributed by atoms with van der Waals surface area (Å²) in [5.74, 6) is -0.568. The number of hydrogen-bond donors (Lipinski definition) is 1. The predicted octanol–water partition coefficient (Wildman–Crippen LogP) is 3.58. The van der Waals surface area contributed by atoms with Crippen LogP contribution in [0.2, 0.25) is 10.0 Å². The van der Waals surface area contributed by atoms with Gasteiger partial charge in [0.1, 0.15) is 5.75 Å². The number of carboxylic acid groups (broad SMARTS) is 1. The molecule has 1 N–H and O–H groups in total. The zero-order valence-corrected chi connectivity index (χ0v) is 10.5. The van der Waals surface area contributed by atoms with E-state index in [1.165, 1.54) is 7.11 Å². The van der Waals surface area contributed by atoms with Gasteiger partial charge in [0.05, 0.1) is 18.6 Å². The molecule has 88 valence electrons. The molecule has 5 heteroatoms. The van der Waals surface area contributed by atoms with Crippen molar-refractivity contribution in [1.29, 1.82) is 0 Å². The van der Waals surface area contributed by atoms with E-state index < -0.39 is 5.97 Å². The molecule has 16 heavy (non-hydrogen) atoms. The van der Waals surface area contributed by atoms with Crippen molar-refractivity contribution in [2.45, 2.75) is 19.3 Å². The fourth-order valence-corrected chi connectivity index (χ4v) is 2.04. The largest absolute Gasteiger partial charge is 0.495 e. The van der Waals surface area contributed by atoms with Gasteiger partial charge in [-0.3, -0.25) is 4.79 Å². The smallest absolute Gasteiger partial charge is 0.303 e. The van der Waals surface area contributed by atoms with Crippen LogP contribution in [0.15, 0.2) is 12.1 Å².